The summed E-state index contributed by atoms with van der Waals surface area (Å²) in [5.41, 5.74) is 0.483. The molecule has 2 atom stereocenters. The van der Waals surface area contributed by atoms with Crippen molar-refractivity contribution in [2.45, 2.75) is 38.2 Å². The number of aliphatic imine (C=N–C) groups is 1. The summed E-state index contributed by atoms with van der Waals surface area (Å²) in [6.07, 6.45) is 3.32. The van der Waals surface area contributed by atoms with Crippen LogP contribution in [0.15, 0.2) is 23.2 Å². The number of benzene rings is 1. The smallest absolute Gasteiger partial charge is 0.190 e. The Labute approximate surface area is 154 Å². The molecule has 1 heterocycles. The first-order chi connectivity index (χ1) is 12.6. The summed E-state index contributed by atoms with van der Waals surface area (Å²) in [5.74, 6) is -0.543. The lowest BCUT2D eigenvalue weighted by atomic mass is 10.0. The molecule has 0 bridgehead atoms. The Balaban J connectivity index is 1.61. The van der Waals surface area contributed by atoms with Gasteiger partial charge in [0.15, 0.2) is 5.96 Å². The van der Waals surface area contributed by atoms with Crippen molar-refractivity contribution >= 4 is 5.96 Å². The highest BCUT2D eigenvalue weighted by atomic mass is 19.1. The Morgan fingerprint density at radius 3 is 2.92 bits per heavy atom. The van der Waals surface area contributed by atoms with Crippen molar-refractivity contribution < 1.29 is 18.3 Å². The lowest BCUT2D eigenvalue weighted by Crippen LogP contribution is -2.39. The zero-order valence-electron chi connectivity index (χ0n) is 15.6. The quantitative estimate of drug-likeness (QED) is 0.399. The highest BCUT2D eigenvalue weighted by Crippen LogP contribution is 2.19. The summed E-state index contributed by atoms with van der Waals surface area (Å²) in [7, 11) is 1.69. The SMILES string of the molecule is CN=C(NCCCOCC1CCCO1)NCC(C)c1ccc(F)cc1F. The molecule has 1 aromatic carbocycles. The van der Waals surface area contributed by atoms with E-state index >= 15 is 0 Å². The minimum atomic E-state index is -0.564. The molecule has 1 aromatic rings. The molecule has 26 heavy (non-hydrogen) atoms. The highest BCUT2D eigenvalue weighted by molar-refractivity contribution is 5.79. The van der Waals surface area contributed by atoms with E-state index in [1.807, 2.05) is 6.92 Å². The Morgan fingerprint density at radius 1 is 1.38 bits per heavy atom. The van der Waals surface area contributed by atoms with E-state index in [2.05, 4.69) is 15.6 Å². The standard InChI is InChI=1S/C19H29F2N3O2/c1-14(17-7-6-15(20)11-18(17)21)12-24-19(22-2)23-8-4-9-25-13-16-5-3-10-26-16/h6-7,11,14,16H,3-5,8-10,12-13H2,1-2H3,(H2,22,23,24). The fraction of sp³-hybridized carbons (Fsp3) is 0.632. The number of ether oxygens (including phenoxy) is 2. The Hall–Kier alpha value is -1.73. The topological polar surface area (TPSA) is 54.9 Å². The maximum absolute atomic E-state index is 13.8. The maximum Gasteiger partial charge on any atom is 0.190 e. The lowest BCUT2D eigenvalue weighted by Gasteiger charge is -2.17. The van der Waals surface area contributed by atoms with Crippen LogP contribution in [-0.4, -0.2) is 52.0 Å². The third-order valence-corrected chi connectivity index (χ3v) is 4.38. The molecule has 0 spiro atoms. The van der Waals surface area contributed by atoms with E-state index in [-0.39, 0.29) is 12.0 Å². The van der Waals surface area contributed by atoms with Crippen LogP contribution in [0.4, 0.5) is 8.78 Å². The van der Waals surface area contributed by atoms with Gasteiger partial charge in [0.2, 0.25) is 0 Å². The van der Waals surface area contributed by atoms with Crippen LogP contribution in [0.2, 0.25) is 0 Å². The third-order valence-electron chi connectivity index (χ3n) is 4.38. The Kier molecular flexibility index (Phi) is 8.77. The van der Waals surface area contributed by atoms with Crippen LogP contribution in [0.1, 0.15) is 37.7 Å². The van der Waals surface area contributed by atoms with Crippen molar-refractivity contribution in [3.05, 3.63) is 35.4 Å². The van der Waals surface area contributed by atoms with E-state index in [4.69, 9.17) is 9.47 Å². The lowest BCUT2D eigenvalue weighted by molar-refractivity contribution is 0.0168. The molecule has 0 aliphatic carbocycles. The van der Waals surface area contributed by atoms with Gasteiger partial charge in [-0.2, -0.15) is 0 Å². The summed E-state index contributed by atoms with van der Waals surface area (Å²) in [5, 5.41) is 6.37. The van der Waals surface area contributed by atoms with Gasteiger partial charge in [0.05, 0.1) is 12.7 Å². The van der Waals surface area contributed by atoms with E-state index in [0.29, 0.717) is 31.3 Å². The molecule has 2 N–H and O–H groups in total. The molecule has 0 saturated carbocycles. The van der Waals surface area contributed by atoms with Crippen LogP contribution in [0, 0.1) is 11.6 Å². The number of guanidine groups is 1. The van der Waals surface area contributed by atoms with E-state index in [0.717, 1.165) is 38.5 Å². The molecule has 1 aliphatic heterocycles. The molecule has 5 nitrogen and oxygen atoms in total. The normalized spacial score (nSPS) is 18.8. The molecule has 1 saturated heterocycles. The molecule has 0 radical (unpaired) electrons. The second kappa shape index (κ2) is 11.1. The number of nitrogens with zero attached hydrogens (tertiary/aromatic N) is 1. The van der Waals surface area contributed by atoms with Crippen LogP contribution in [0.5, 0.6) is 0 Å². The molecule has 0 aromatic heterocycles. The third kappa shape index (κ3) is 6.88. The summed E-state index contributed by atoms with van der Waals surface area (Å²) in [6, 6.07) is 3.67. The summed E-state index contributed by atoms with van der Waals surface area (Å²) in [4.78, 5) is 4.15. The number of rotatable bonds is 9. The average molecular weight is 369 g/mol. The first-order valence-corrected chi connectivity index (χ1v) is 9.19. The van der Waals surface area contributed by atoms with Gasteiger partial charge >= 0.3 is 0 Å². The van der Waals surface area contributed by atoms with E-state index < -0.39 is 11.6 Å². The highest BCUT2D eigenvalue weighted by Gasteiger charge is 2.15. The predicted molar refractivity (Wildman–Crippen MR) is 98.5 cm³/mol. The summed E-state index contributed by atoms with van der Waals surface area (Å²) >= 11 is 0. The largest absolute Gasteiger partial charge is 0.379 e. The van der Waals surface area contributed by atoms with Crippen LogP contribution < -0.4 is 10.6 Å². The van der Waals surface area contributed by atoms with Crippen molar-refractivity contribution in [3.8, 4) is 0 Å². The second-order valence-electron chi connectivity index (χ2n) is 6.51. The zero-order valence-corrected chi connectivity index (χ0v) is 15.6. The summed E-state index contributed by atoms with van der Waals surface area (Å²) in [6.45, 7) is 5.28. The molecule has 1 aliphatic rings. The van der Waals surface area contributed by atoms with Crippen molar-refractivity contribution in [2.75, 3.05) is 40.0 Å². The van der Waals surface area contributed by atoms with Crippen molar-refractivity contribution in [2.24, 2.45) is 4.99 Å². The minimum Gasteiger partial charge on any atom is -0.379 e. The predicted octanol–water partition coefficient (Wildman–Crippen LogP) is 2.82. The molecule has 1 fully saturated rings. The second-order valence-corrected chi connectivity index (χ2v) is 6.51. The van der Waals surface area contributed by atoms with Gasteiger partial charge in [-0.25, -0.2) is 8.78 Å². The molecular formula is C19H29F2N3O2. The fourth-order valence-electron chi connectivity index (χ4n) is 2.85. The Bertz CT molecular complexity index is 578. The minimum absolute atomic E-state index is 0.108. The van der Waals surface area contributed by atoms with Gasteiger partial charge in [0.25, 0.3) is 0 Å². The maximum atomic E-state index is 13.8. The zero-order chi connectivity index (χ0) is 18.8. The van der Waals surface area contributed by atoms with Crippen molar-refractivity contribution in [3.63, 3.8) is 0 Å². The van der Waals surface area contributed by atoms with Gasteiger partial charge in [-0.05, 0) is 30.9 Å². The molecule has 0 amide bonds. The van der Waals surface area contributed by atoms with Crippen LogP contribution in [0.3, 0.4) is 0 Å². The molecule has 2 rings (SSSR count). The van der Waals surface area contributed by atoms with E-state index in [1.165, 1.54) is 12.1 Å². The van der Waals surface area contributed by atoms with Gasteiger partial charge in [-0.15, -0.1) is 0 Å². The van der Waals surface area contributed by atoms with Crippen molar-refractivity contribution in [1.82, 2.24) is 10.6 Å². The van der Waals surface area contributed by atoms with Crippen LogP contribution >= 0.6 is 0 Å². The number of hydrogen-bond acceptors (Lipinski definition) is 3. The average Bonchev–Trinajstić information content (AvgIpc) is 3.13. The molecule has 146 valence electrons. The number of halogens is 2. The number of hydrogen-bond donors (Lipinski definition) is 2. The van der Waals surface area contributed by atoms with Gasteiger partial charge in [0.1, 0.15) is 11.6 Å². The number of nitrogens with one attached hydrogen (secondary N) is 2. The first-order valence-electron chi connectivity index (χ1n) is 9.19. The van der Waals surface area contributed by atoms with Crippen LogP contribution in [0.25, 0.3) is 0 Å². The molecular weight excluding hydrogens is 340 g/mol. The first kappa shape index (κ1) is 20.6. The van der Waals surface area contributed by atoms with E-state index in [9.17, 15) is 8.78 Å². The summed E-state index contributed by atoms with van der Waals surface area (Å²) < 4.78 is 37.9. The van der Waals surface area contributed by atoms with Gasteiger partial charge in [0, 0.05) is 45.3 Å². The fourth-order valence-corrected chi connectivity index (χ4v) is 2.85. The Morgan fingerprint density at radius 2 is 2.23 bits per heavy atom. The van der Waals surface area contributed by atoms with Gasteiger partial charge in [-0.3, -0.25) is 4.99 Å². The van der Waals surface area contributed by atoms with Crippen LogP contribution in [-0.2, 0) is 9.47 Å². The monoisotopic (exact) mass is 369 g/mol. The molecule has 2 unspecified atom stereocenters. The van der Waals surface area contributed by atoms with Gasteiger partial charge in [-0.1, -0.05) is 13.0 Å². The van der Waals surface area contributed by atoms with Gasteiger partial charge < -0.3 is 20.1 Å². The molecule has 7 heteroatoms. The van der Waals surface area contributed by atoms with Crippen molar-refractivity contribution in [1.29, 1.82) is 0 Å². The van der Waals surface area contributed by atoms with E-state index in [1.54, 1.807) is 7.05 Å².